The van der Waals surface area contributed by atoms with Gasteiger partial charge < -0.3 is 10.6 Å². The fraction of sp³-hybridized carbons (Fsp3) is 0.300. The zero-order chi connectivity index (χ0) is 18.8. The van der Waals surface area contributed by atoms with Crippen molar-refractivity contribution in [2.45, 2.75) is 26.7 Å². The van der Waals surface area contributed by atoms with Crippen LogP contribution in [0.1, 0.15) is 24.5 Å². The van der Waals surface area contributed by atoms with Crippen LogP contribution in [0.2, 0.25) is 10.0 Å². The monoisotopic (exact) mass is 390 g/mol. The summed E-state index contributed by atoms with van der Waals surface area (Å²) in [6, 6.07) is 10.8. The van der Waals surface area contributed by atoms with Crippen molar-refractivity contribution in [3.63, 3.8) is 0 Å². The average Bonchev–Trinajstić information content (AvgIpc) is 3.40. The Labute approximate surface area is 162 Å². The first kappa shape index (κ1) is 18.7. The van der Waals surface area contributed by atoms with Gasteiger partial charge in [-0.05, 0) is 49.1 Å². The van der Waals surface area contributed by atoms with Gasteiger partial charge in [-0.25, -0.2) is 0 Å². The van der Waals surface area contributed by atoms with Crippen LogP contribution >= 0.6 is 23.2 Å². The third kappa shape index (κ3) is 4.02. The van der Waals surface area contributed by atoms with Gasteiger partial charge in [0, 0.05) is 10.7 Å². The first-order valence-electron chi connectivity index (χ1n) is 8.56. The third-order valence-electron chi connectivity index (χ3n) is 4.64. The van der Waals surface area contributed by atoms with E-state index in [1.807, 2.05) is 32.0 Å². The highest BCUT2D eigenvalue weighted by Crippen LogP contribution is 2.41. The number of amides is 2. The number of rotatable bonds is 5. The molecule has 2 unspecified atom stereocenters. The first-order chi connectivity index (χ1) is 12.4. The van der Waals surface area contributed by atoms with Gasteiger partial charge in [-0.1, -0.05) is 48.3 Å². The van der Waals surface area contributed by atoms with Crippen molar-refractivity contribution in [3.05, 3.63) is 57.6 Å². The molecule has 1 saturated carbocycles. The number of carbonyl (C=O) groups is 2. The molecule has 6 heteroatoms. The molecule has 0 bridgehead atoms. The van der Waals surface area contributed by atoms with Gasteiger partial charge in [0.25, 0.3) is 0 Å². The van der Waals surface area contributed by atoms with Crippen LogP contribution in [-0.2, 0) is 16.0 Å². The largest absolute Gasteiger partial charge is 0.325 e. The minimum atomic E-state index is -0.337. The number of hydrogen-bond acceptors (Lipinski definition) is 2. The lowest BCUT2D eigenvalue weighted by Crippen LogP contribution is -2.21. The topological polar surface area (TPSA) is 58.2 Å². The maximum atomic E-state index is 12.5. The van der Waals surface area contributed by atoms with Gasteiger partial charge in [0.1, 0.15) is 0 Å². The molecule has 0 saturated heterocycles. The van der Waals surface area contributed by atoms with Crippen molar-refractivity contribution in [2.24, 2.45) is 11.8 Å². The molecule has 2 atom stereocenters. The fourth-order valence-corrected chi connectivity index (χ4v) is 3.46. The van der Waals surface area contributed by atoms with E-state index in [1.54, 1.807) is 18.2 Å². The molecule has 26 heavy (non-hydrogen) atoms. The average molecular weight is 391 g/mol. The Balaban J connectivity index is 1.63. The molecular weight excluding hydrogens is 371 g/mol. The van der Waals surface area contributed by atoms with E-state index in [0.717, 1.165) is 23.2 Å². The predicted molar refractivity (Wildman–Crippen MR) is 106 cm³/mol. The van der Waals surface area contributed by atoms with Crippen LogP contribution in [0.5, 0.6) is 0 Å². The Morgan fingerprint density at radius 3 is 2.42 bits per heavy atom. The van der Waals surface area contributed by atoms with Gasteiger partial charge in [0.15, 0.2) is 0 Å². The number of hydrogen-bond donors (Lipinski definition) is 2. The molecule has 0 radical (unpaired) electrons. The molecule has 1 aliphatic carbocycles. The van der Waals surface area contributed by atoms with Crippen LogP contribution < -0.4 is 10.6 Å². The highest BCUT2D eigenvalue weighted by atomic mass is 35.5. The summed E-state index contributed by atoms with van der Waals surface area (Å²) in [5, 5.41) is 6.65. The number of anilines is 2. The summed E-state index contributed by atoms with van der Waals surface area (Å²) in [5.41, 5.74) is 3.46. The van der Waals surface area contributed by atoms with Crippen LogP contribution in [0.3, 0.4) is 0 Å². The van der Waals surface area contributed by atoms with Crippen LogP contribution in [0, 0.1) is 18.8 Å². The molecule has 1 aliphatic rings. The van der Waals surface area contributed by atoms with E-state index >= 15 is 0 Å². The SMILES string of the molecule is CCc1cccc(C)c1NC(=O)C1CC1C(=O)Nc1ccc(Cl)cc1Cl. The van der Waals surface area contributed by atoms with E-state index < -0.39 is 0 Å². The number of para-hydroxylation sites is 1. The summed E-state index contributed by atoms with van der Waals surface area (Å²) in [4.78, 5) is 24.9. The molecule has 2 aromatic rings. The summed E-state index contributed by atoms with van der Waals surface area (Å²) >= 11 is 11.9. The molecule has 0 heterocycles. The zero-order valence-corrected chi connectivity index (χ0v) is 16.1. The van der Waals surface area contributed by atoms with Crippen molar-refractivity contribution in [1.29, 1.82) is 0 Å². The quantitative estimate of drug-likeness (QED) is 0.747. The lowest BCUT2D eigenvalue weighted by atomic mass is 10.1. The minimum absolute atomic E-state index is 0.114. The minimum Gasteiger partial charge on any atom is -0.325 e. The van der Waals surface area contributed by atoms with Gasteiger partial charge in [-0.15, -0.1) is 0 Å². The van der Waals surface area contributed by atoms with E-state index in [1.165, 1.54) is 0 Å². The van der Waals surface area contributed by atoms with Crippen molar-refractivity contribution in [3.8, 4) is 0 Å². The predicted octanol–water partition coefficient (Wildman–Crippen LogP) is 5.08. The molecule has 2 N–H and O–H groups in total. The molecule has 2 amide bonds. The third-order valence-corrected chi connectivity index (χ3v) is 5.19. The van der Waals surface area contributed by atoms with Crippen LogP contribution in [0.25, 0.3) is 0 Å². The van der Waals surface area contributed by atoms with Crippen LogP contribution in [0.4, 0.5) is 11.4 Å². The van der Waals surface area contributed by atoms with Gasteiger partial charge in [-0.3, -0.25) is 9.59 Å². The molecular formula is C20H20Cl2N2O2. The summed E-state index contributed by atoms with van der Waals surface area (Å²) in [7, 11) is 0. The van der Waals surface area contributed by atoms with Crippen LogP contribution in [-0.4, -0.2) is 11.8 Å². The lowest BCUT2D eigenvalue weighted by molar-refractivity contribution is -0.122. The van der Waals surface area contributed by atoms with E-state index in [-0.39, 0.29) is 23.7 Å². The Morgan fingerprint density at radius 1 is 1.08 bits per heavy atom. The zero-order valence-electron chi connectivity index (χ0n) is 14.6. The van der Waals surface area contributed by atoms with Crippen molar-refractivity contribution in [1.82, 2.24) is 0 Å². The van der Waals surface area contributed by atoms with Crippen molar-refractivity contribution in [2.75, 3.05) is 10.6 Å². The molecule has 0 aromatic heterocycles. The fourth-order valence-electron chi connectivity index (χ4n) is 3.01. The number of aryl methyl sites for hydroxylation is 2. The second kappa shape index (κ2) is 7.68. The molecule has 0 aliphatic heterocycles. The molecule has 136 valence electrons. The number of carbonyl (C=O) groups excluding carboxylic acids is 2. The molecule has 2 aromatic carbocycles. The van der Waals surface area contributed by atoms with E-state index in [4.69, 9.17) is 23.2 Å². The summed E-state index contributed by atoms with van der Waals surface area (Å²) in [6.07, 6.45) is 1.37. The maximum absolute atomic E-state index is 12.5. The van der Waals surface area contributed by atoms with E-state index in [0.29, 0.717) is 22.2 Å². The highest BCUT2D eigenvalue weighted by molar-refractivity contribution is 6.36. The van der Waals surface area contributed by atoms with Gasteiger partial charge in [-0.2, -0.15) is 0 Å². The molecule has 1 fully saturated rings. The number of nitrogens with one attached hydrogen (secondary N) is 2. The summed E-state index contributed by atoms with van der Waals surface area (Å²) in [6.45, 7) is 4.02. The van der Waals surface area contributed by atoms with Gasteiger partial charge >= 0.3 is 0 Å². The molecule has 3 rings (SSSR count). The van der Waals surface area contributed by atoms with Crippen molar-refractivity contribution < 1.29 is 9.59 Å². The molecule has 4 nitrogen and oxygen atoms in total. The standard InChI is InChI=1S/C20H20Cl2N2O2/c1-3-12-6-4-5-11(2)18(12)24-20(26)15-10-14(15)19(25)23-17-8-7-13(21)9-16(17)22/h4-9,14-15H,3,10H2,1-2H3,(H,23,25)(H,24,26). The smallest absolute Gasteiger partial charge is 0.228 e. The summed E-state index contributed by atoms with van der Waals surface area (Å²) in [5.74, 6) is -0.965. The lowest BCUT2D eigenvalue weighted by Gasteiger charge is -2.13. The molecule has 0 spiro atoms. The van der Waals surface area contributed by atoms with Gasteiger partial charge in [0.05, 0.1) is 22.5 Å². The Hall–Kier alpha value is -2.04. The van der Waals surface area contributed by atoms with Gasteiger partial charge in [0.2, 0.25) is 11.8 Å². The first-order valence-corrected chi connectivity index (χ1v) is 9.31. The Kier molecular flexibility index (Phi) is 5.54. The van der Waals surface area contributed by atoms with Crippen LogP contribution in [0.15, 0.2) is 36.4 Å². The van der Waals surface area contributed by atoms with E-state index in [2.05, 4.69) is 10.6 Å². The second-order valence-electron chi connectivity index (χ2n) is 6.51. The normalized spacial score (nSPS) is 18.3. The Morgan fingerprint density at radius 2 is 1.77 bits per heavy atom. The van der Waals surface area contributed by atoms with E-state index in [9.17, 15) is 9.59 Å². The highest BCUT2D eigenvalue weighted by Gasteiger charge is 2.48. The Bertz CT molecular complexity index is 867. The van der Waals surface area contributed by atoms with Crippen molar-refractivity contribution >= 4 is 46.4 Å². The number of benzene rings is 2. The summed E-state index contributed by atoms with van der Waals surface area (Å²) < 4.78 is 0. The number of halogens is 2. The maximum Gasteiger partial charge on any atom is 0.228 e. The second-order valence-corrected chi connectivity index (χ2v) is 7.36.